The van der Waals surface area contributed by atoms with Gasteiger partial charge in [-0.2, -0.15) is 0 Å². The van der Waals surface area contributed by atoms with Gasteiger partial charge in [-0.3, -0.25) is 0 Å². The molecule has 5 heteroatoms. The summed E-state index contributed by atoms with van der Waals surface area (Å²) in [4.78, 5) is 6.91. The second-order valence-corrected chi connectivity index (χ2v) is 6.78. The molecule has 0 saturated carbocycles. The summed E-state index contributed by atoms with van der Waals surface area (Å²) in [6.45, 7) is 5.20. The Hall–Kier alpha value is -1.17. The molecule has 0 aliphatic carbocycles. The number of pyridine rings is 1. The Labute approximate surface area is 138 Å². The van der Waals surface area contributed by atoms with E-state index in [1.807, 2.05) is 12.3 Å². The molecule has 0 radical (unpaired) electrons. The lowest BCUT2D eigenvalue weighted by atomic mass is 9.96. The van der Waals surface area contributed by atoms with E-state index >= 15 is 0 Å². The molecule has 128 valence electrons. The normalized spacial score (nSPS) is 21.4. The van der Waals surface area contributed by atoms with Crippen molar-refractivity contribution in [1.29, 1.82) is 0 Å². The van der Waals surface area contributed by atoms with Crippen molar-refractivity contribution < 1.29 is 14.6 Å². The fourth-order valence-corrected chi connectivity index (χ4v) is 3.26. The van der Waals surface area contributed by atoms with E-state index < -0.39 is 5.60 Å². The third kappa shape index (κ3) is 5.16. The van der Waals surface area contributed by atoms with E-state index in [-0.39, 0.29) is 6.61 Å². The van der Waals surface area contributed by atoms with Gasteiger partial charge in [0.15, 0.2) is 0 Å². The lowest BCUT2D eigenvalue weighted by Gasteiger charge is -2.31. The Bertz CT molecular complexity index is 466. The van der Waals surface area contributed by atoms with E-state index in [1.165, 1.54) is 44.5 Å². The second kappa shape index (κ2) is 8.08. The molecule has 0 atom stereocenters. The van der Waals surface area contributed by atoms with Crippen LogP contribution in [0.5, 0.6) is 5.88 Å². The van der Waals surface area contributed by atoms with Crippen molar-refractivity contribution in [2.75, 3.05) is 39.5 Å². The van der Waals surface area contributed by atoms with Crippen LogP contribution in [0.4, 0.5) is 0 Å². The van der Waals surface area contributed by atoms with Gasteiger partial charge in [0.25, 0.3) is 0 Å². The molecule has 1 N–H and O–H groups in total. The summed E-state index contributed by atoms with van der Waals surface area (Å²) < 4.78 is 10.9. The van der Waals surface area contributed by atoms with Crippen molar-refractivity contribution in [2.45, 2.75) is 44.1 Å². The molecule has 5 nitrogen and oxygen atoms in total. The van der Waals surface area contributed by atoms with Gasteiger partial charge < -0.3 is 19.5 Å². The van der Waals surface area contributed by atoms with E-state index in [1.54, 1.807) is 0 Å². The number of aliphatic hydroxyl groups is 1. The molecule has 1 aromatic heterocycles. The van der Waals surface area contributed by atoms with Gasteiger partial charge in [0, 0.05) is 38.3 Å². The van der Waals surface area contributed by atoms with Crippen LogP contribution < -0.4 is 4.74 Å². The summed E-state index contributed by atoms with van der Waals surface area (Å²) in [6, 6.07) is 3.99. The fourth-order valence-electron chi connectivity index (χ4n) is 3.26. The quantitative estimate of drug-likeness (QED) is 0.833. The van der Waals surface area contributed by atoms with Crippen LogP contribution >= 0.6 is 0 Å². The summed E-state index contributed by atoms with van der Waals surface area (Å²) in [5.74, 6) is 0.591. The van der Waals surface area contributed by atoms with Crippen molar-refractivity contribution >= 4 is 0 Å². The minimum absolute atomic E-state index is 0.289. The molecule has 3 rings (SSSR count). The lowest BCUT2D eigenvalue weighted by molar-refractivity contribution is -0.0862. The number of nitrogens with zero attached hydrogens (tertiary/aromatic N) is 2. The maximum Gasteiger partial charge on any atom is 0.213 e. The number of likely N-dealkylation sites (tertiary alicyclic amines) is 1. The predicted molar refractivity (Wildman–Crippen MR) is 88.7 cm³/mol. The summed E-state index contributed by atoms with van der Waals surface area (Å²) in [6.07, 6.45) is 8.10. The van der Waals surface area contributed by atoms with E-state index in [2.05, 4.69) is 16.0 Å². The highest BCUT2D eigenvalue weighted by Crippen LogP contribution is 2.21. The molecule has 3 heterocycles. The third-order valence-electron chi connectivity index (χ3n) is 4.85. The van der Waals surface area contributed by atoms with Gasteiger partial charge in [0.2, 0.25) is 5.88 Å². The van der Waals surface area contributed by atoms with E-state index in [0.717, 1.165) is 6.42 Å². The Kier molecular flexibility index (Phi) is 5.86. The Morgan fingerprint density at radius 2 is 2.00 bits per heavy atom. The first kappa shape index (κ1) is 16.7. The lowest BCUT2D eigenvalue weighted by Crippen LogP contribution is -2.41. The first-order chi connectivity index (χ1) is 11.2. The maximum atomic E-state index is 10.4. The van der Waals surface area contributed by atoms with E-state index in [4.69, 9.17) is 9.47 Å². The van der Waals surface area contributed by atoms with Gasteiger partial charge in [0.1, 0.15) is 12.2 Å². The zero-order valence-corrected chi connectivity index (χ0v) is 13.9. The first-order valence-corrected chi connectivity index (χ1v) is 8.84. The number of hydrogen-bond acceptors (Lipinski definition) is 5. The molecule has 0 amide bonds. The second-order valence-electron chi connectivity index (χ2n) is 6.78. The molecule has 2 aliphatic heterocycles. The molecule has 2 saturated heterocycles. The van der Waals surface area contributed by atoms with Crippen LogP contribution in [-0.4, -0.2) is 60.0 Å². The average molecular weight is 320 g/mol. The van der Waals surface area contributed by atoms with Crippen LogP contribution in [0.15, 0.2) is 18.3 Å². The summed E-state index contributed by atoms with van der Waals surface area (Å²) in [5.41, 5.74) is 0.482. The van der Waals surface area contributed by atoms with E-state index in [9.17, 15) is 5.11 Å². The number of aromatic nitrogens is 1. The highest BCUT2D eigenvalue weighted by Gasteiger charge is 2.30. The molecular formula is C18H28N2O3. The molecule has 0 spiro atoms. The SMILES string of the molecule is OC1(COc2ccc(CCCN3CCCC3)cn2)CCOCC1. The van der Waals surface area contributed by atoms with Gasteiger partial charge in [-0.15, -0.1) is 0 Å². The highest BCUT2D eigenvalue weighted by atomic mass is 16.5. The fraction of sp³-hybridized carbons (Fsp3) is 0.722. The first-order valence-electron chi connectivity index (χ1n) is 8.84. The van der Waals surface area contributed by atoms with Crippen molar-refractivity contribution in [3.63, 3.8) is 0 Å². The zero-order valence-electron chi connectivity index (χ0n) is 13.9. The number of ether oxygens (including phenoxy) is 2. The number of rotatable bonds is 7. The average Bonchev–Trinajstić information content (AvgIpc) is 3.08. The zero-order chi connectivity index (χ0) is 16.0. The van der Waals surface area contributed by atoms with Crippen LogP contribution in [0.25, 0.3) is 0 Å². The van der Waals surface area contributed by atoms with Crippen molar-refractivity contribution in [3.8, 4) is 5.88 Å². The summed E-state index contributed by atoms with van der Waals surface area (Å²) in [7, 11) is 0. The molecule has 2 aliphatic rings. The molecule has 23 heavy (non-hydrogen) atoms. The highest BCUT2D eigenvalue weighted by molar-refractivity contribution is 5.18. The van der Waals surface area contributed by atoms with Crippen LogP contribution in [0, 0.1) is 0 Å². The van der Waals surface area contributed by atoms with Crippen LogP contribution in [0.1, 0.15) is 37.7 Å². The standard InChI is InChI=1S/C18H28N2O3/c21-18(7-12-22-13-8-18)15-23-17-6-5-16(14-19-17)4-3-11-20-9-1-2-10-20/h5-6,14,21H,1-4,7-13,15H2. The van der Waals surface area contributed by atoms with E-state index in [0.29, 0.717) is 31.9 Å². The molecule has 2 fully saturated rings. The van der Waals surface area contributed by atoms with Gasteiger partial charge >= 0.3 is 0 Å². The minimum atomic E-state index is -0.770. The van der Waals surface area contributed by atoms with Gasteiger partial charge in [-0.25, -0.2) is 4.98 Å². The Morgan fingerprint density at radius 1 is 1.22 bits per heavy atom. The monoisotopic (exact) mass is 320 g/mol. The summed E-state index contributed by atoms with van der Waals surface area (Å²) in [5, 5.41) is 10.4. The van der Waals surface area contributed by atoms with Crippen LogP contribution in [0.3, 0.4) is 0 Å². The summed E-state index contributed by atoms with van der Waals surface area (Å²) >= 11 is 0. The molecule has 0 aromatic carbocycles. The van der Waals surface area contributed by atoms with Crippen molar-refractivity contribution in [3.05, 3.63) is 23.9 Å². The smallest absolute Gasteiger partial charge is 0.213 e. The molecule has 0 bridgehead atoms. The predicted octanol–water partition coefficient (Wildman–Crippen LogP) is 2.03. The molecular weight excluding hydrogens is 292 g/mol. The van der Waals surface area contributed by atoms with Gasteiger partial charge in [-0.05, 0) is 50.9 Å². The number of hydrogen-bond donors (Lipinski definition) is 1. The van der Waals surface area contributed by atoms with Crippen LogP contribution in [0.2, 0.25) is 0 Å². The maximum absolute atomic E-state index is 10.4. The topological polar surface area (TPSA) is 54.8 Å². The largest absolute Gasteiger partial charge is 0.475 e. The molecule has 0 unspecified atom stereocenters. The van der Waals surface area contributed by atoms with Crippen molar-refractivity contribution in [1.82, 2.24) is 9.88 Å². The third-order valence-corrected chi connectivity index (χ3v) is 4.85. The minimum Gasteiger partial charge on any atom is -0.475 e. The van der Waals surface area contributed by atoms with Gasteiger partial charge in [0.05, 0.1) is 0 Å². The molecule has 1 aromatic rings. The van der Waals surface area contributed by atoms with Gasteiger partial charge in [-0.1, -0.05) is 6.07 Å². The van der Waals surface area contributed by atoms with Crippen LogP contribution in [-0.2, 0) is 11.2 Å². The Balaban J connectivity index is 1.39. The Morgan fingerprint density at radius 3 is 2.70 bits per heavy atom. The number of aryl methyl sites for hydroxylation is 1. The van der Waals surface area contributed by atoms with Crippen molar-refractivity contribution in [2.24, 2.45) is 0 Å².